The molecule has 2 aliphatic carbocycles. The fourth-order valence-electron chi connectivity index (χ4n) is 2.94. The monoisotopic (exact) mass is 194 g/mol. The third-order valence-electron chi connectivity index (χ3n) is 4.00. The molecule has 0 heterocycles. The van der Waals surface area contributed by atoms with Crippen LogP contribution >= 0.6 is 0 Å². The number of carbonyl (C=O) groups excluding carboxylic acids is 1. The van der Waals surface area contributed by atoms with Crippen LogP contribution in [0.2, 0.25) is 0 Å². The van der Waals surface area contributed by atoms with Crippen LogP contribution in [-0.4, -0.2) is 12.1 Å². The second-order valence-corrected chi connectivity index (χ2v) is 5.02. The average molecular weight is 194 g/mol. The van der Waals surface area contributed by atoms with Crippen molar-refractivity contribution in [1.29, 1.82) is 0 Å². The Hall–Kier alpha value is -0.790. The van der Waals surface area contributed by atoms with Crippen LogP contribution in [-0.2, 0) is 9.53 Å². The van der Waals surface area contributed by atoms with E-state index >= 15 is 0 Å². The second kappa shape index (κ2) is 2.85. The summed E-state index contributed by atoms with van der Waals surface area (Å²) in [6, 6.07) is 0. The van der Waals surface area contributed by atoms with Gasteiger partial charge in [-0.2, -0.15) is 0 Å². The van der Waals surface area contributed by atoms with Gasteiger partial charge < -0.3 is 4.74 Å². The molecule has 2 nitrogen and oxygen atoms in total. The molecule has 2 unspecified atom stereocenters. The zero-order valence-corrected chi connectivity index (χ0v) is 9.17. The van der Waals surface area contributed by atoms with Crippen molar-refractivity contribution < 1.29 is 9.53 Å². The molecule has 0 saturated heterocycles. The van der Waals surface area contributed by atoms with Crippen molar-refractivity contribution in [2.45, 2.75) is 39.7 Å². The molecule has 0 spiro atoms. The van der Waals surface area contributed by atoms with E-state index in [1.165, 1.54) is 13.3 Å². The number of hydrogen-bond acceptors (Lipinski definition) is 2. The molecular formula is C12H18O2. The Labute approximate surface area is 85.3 Å². The lowest BCUT2D eigenvalue weighted by molar-refractivity contribution is -0.144. The molecule has 0 aliphatic heterocycles. The van der Waals surface area contributed by atoms with Crippen molar-refractivity contribution in [1.82, 2.24) is 0 Å². The van der Waals surface area contributed by atoms with Crippen molar-refractivity contribution in [3.05, 3.63) is 12.2 Å². The molecule has 0 radical (unpaired) electrons. The Morgan fingerprint density at radius 2 is 2.21 bits per heavy atom. The maximum Gasteiger partial charge on any atom is 0.303 e. The zero-order chi connectivity index (χ0) is 10.5. The van der Waals surface area contributed by atoms with Crippen LogP contribution in [0, 0.1) is 17.3 Å². The Kier molecular flexibility index (Phi) is 1.98. The number of carbonyl (C=O) groups is 1. The maximum absolute atomic E-state index is 10.9. The molecule has 14 heavy (non-hydrogen) atoms. The third kappa shape index (κ3) is 1.20. The molecule has 3 atom stereocenters. The highest BCUT2D eigenvalue weighted by Gasteiger charge is 2.64. The Balaban J connectivity index is 2.07. The predicted molar refractivity (Wildman–Crippen MR) is 54.7 cm³/mol. The molecule has 0 N–H and O–H groups in total. The van der Waals surface area contributed by atoms with Gasteiger partial charge in [0.05, 0.1) is 0 Å². The molecule has 2 rings (SSSR count). The molecule has 0 bridgehead atoms. The minimum atomic E-state index is -0.184. The Morgan fingerprint density at radius 3 is 2.64 bits per heavy atom. The lowest BCUT2D eigenvalue weighted by atomic mass is 9.89. The van der Waals surface area contributed by atoms with Gasteiger partial charge in [-0.25, -0.2) is 0 Å². The van der Waals surface area contributed by atoms with E-state index in [-0.39, 0.29) is 12.1 Å². The first-order valence-electron chi connectivity index (χ1n) is 5.33. The lowest BCUT2D eigenvalue weighted by Crippen LogP contribution is -2.19. The summed E-state index contributed by atoms with van der Waals surface area (Å²) >= 11 is 0. The van der Waals surface area contributed by atoms with Gasteiger partial charge in [0.15, 0.2) is 0 Å². The summed E-state index contributed by atoms with van der Waals surface area (Å²) in [5, 5.41) is 0. The highest BCUT2D eigenvalue weighted by molar-refractivity contribution is 5.66. The van der Waals surface area contributed by atoms with Crippen molar-refractivity contribution in [2.75, 3.05) is 0 Å². The Bertz CT molecular complexity index is 293. The average Bonchev–Trinajstić information content (AvgIpc) is 2.71. The van der Waals surface area contributed by atoms with Gasteiger partial charge in [-0.3, -0.25) is 4.79 Å². The summed E-state index contributed by atoms with van der Waals surface area (Å²) in [4.78, 5) is 10.9. The summed E-state index contributed by atoms with van der Waals surface area (Å²) in [7, 11) is 0. The first-order chi connectivity index (χ1) is 6.47. The van der Waals surface area contributed by atoms with E-state index in [1.54, 1.807) is 0 Å². The molecule has 2 saturated carbocycles. The van der Waals surface area contributed by atoms with Gasteiger partial charge in [-0.15, -0.1) is 0 Å². The predicted octanol–water partition coefficient (Wildman–Crippen LogP) is 2.54. The molecule has 78 valence electrons. The number of ether oxygens (including phenoxy) is 1. The van der Waals surface area contributed by atoms with Gasteiger partial charge in [0, 0.05) is 6.92 Å². The molecule has 0 amide bonds. The number of fused-ring (bicyclic) bond motifs is 1. The van der Waals surface area contributed by atoms with Gasteiger partial charge in [0.25, 0.3) is 0 Å². The van der Waals surface area contributed by atoms with Crippen LogP contribution < -0.4 is 0 Å². The summed E-state index contributed by atoms with van der Waals surface area (Å²) < 4.78 is 5.26. The van der Waals surface area contributed by atoms with Crippen molar-refractivity contribution >= 4 is 5.97 Å². The zero-order valence-electron chi connectivity index (χ0n) is 9.17. The van der Waals surface area contributed by atoms with Gasteiger partial charge in [0.1, 0.15) is 6.10 Å². The molecule has 2 aliphatic rings. The van der Waals surface area contributed by atoms with Crippen molar-refractivity contribution in [3.63, 3.8) is 0 Å². The molecule has 0 aromatic heterocycles. The van der Waals surface area contributed by atoms with E-state index in [0.717, 1.165) is 12.0 Å². The van der Waals surface area contributed by atoms with Gasteiger partial charge in [0.2, 0.25) is 0 Å². The first kappa shape index (κ1) is 9.75. The fourth-order valence-corrected chi connectivity index (χ4v) is 2.94. The smallest absolute Gasteiger partial charge is 0.303 e. The second-order valence-electron chi connectivity index (χ2n) is 5.02. The van der Waals surface area contributed by atoms with Crippen LogP contribution in [0.3, 0.4) is 0 Å². The normalized spacial score (nSPS) is 39.9. The van der Waals surface area contributed by atoms with Gasteiger partial charge >= 0.3 is 5.97 Å². The van der Waals surface area contributed by atoms with E-state index in [9.17, 15) is 4.79 Å². The molecule has 2 fully saturated rings. The summed E-state index contributed by atoms with van der Waals surface area (Å²) in [6.07, 6.45) is 2.24. The van der Waals surface area contributed by atoms with Crippen LogP contribution in [0.15, 0.2) is 12.2 Å². The van der Waals surface area contributed by atoms with Crippen molar-refractivity contribution in [2.24, 2.45) is 17.3 Å². The summed E-state index contributed by atoms with van der Waals surface area (Å²) in [6.45, 7) is 10.0. The SMILES string of the molecule is C=C1C(OC(C)=O)C[C@]2(C(C)C)CC12. The van der Waals surface area contributed by atoms with Crippen LogP contribution in [0.5, 0.6) is 0 Å². The summed E-state index contributed by atoms with van der Waals surface area (Å²) in [5.74, 6) is 1.10. The van der Waals surface area contributed by atoms with Gasteiger partial charge in [-0.05, 0) is 35.7 Å². The summed E-state index contributed by atoms with van der Waals surface area (Å²) in [5.41, 5.74) is 1.56. The van der Waals surface area contributed by atoms with Gasteiger partial charge in [-0.1, -0.05) is 20.4 Å². The minimum Gasteiger partial charge on any atom is -0.458 e. The van der Waals surface area contributed by atoms with E-state index in [2.05, 4.69) is 20.4 Å². The fraction of sp³-hybridized carbons (Fsp3) is 0.750. The standard InChI is InChI=1S/C12H18O2/c1-7(2)12-5-10(12)8(3)11(6-12)14-9(4)13/h7,10-11H,3,5-6H2,1-2,4H3/t10?,11?,12-/m0/s1. The number of esters is 1. The third-order valence-corrected chi connectivity index (χ3v) is 4.00. The van der Waals surface area contributed by atoms with Crippen LogP contribution in [0.4, 0.5) is 0 Å². The van der Waals surface area contributed by atoms with E-state index in [0.29, 0.717) is 17.3 Å². The quantitative estimate of drug-likeness (QED) is 0.499. The minimum absolute atomic E-state index is 0.00588. The first-order valence-corrected chi connectivity index (χ1v) is 5.33. The van der Waals surface area contributed by atoms with Crippen molar-refractivity contribution in [3.8, 4) is 0 Å². The van der Waals surface area contributed by atoms with E-state index < -0.39 is 0 Å². The van der Waals surface area contributed by atoms with Crippen LogP contribution in [0.25, 0.3) is 0 Å². The number of hydrogen-bond donors (Lipinski definition) is 0. The molecule has 2 heteroatoms. The lowest BCUT2D eigenvalue weighted by Gasteiger charge is -2.19. The van der Waals surface area contributed by atoms with E-state index in [4.69, 9.17) is 4.74 Å². The topological polar surface area (TPSA) is 26.3 Å². The maximum atomic E-state index is 10.9. The molecular weight excluding hydrogens is 176 g/mol. The largest absolute Gasteiger partial charge is 0.458 e. The highest BCUT2D eigenvalue weighted by atomic mass is 16.5. The highest BCUT2D eigenvalue weighted by Crippen LogP contribution is 2.69. The van der Waals surface area contributed by atoms with Crippen LogP contribution in [0.1, 0.15) is 33.6 Å². The molecule has 0 aromatic carbocycles. The van der Waals surface area contributed by atoms with E-state index in [1.807, 2.05) is 0 Å². The number of rotatable bonds is 2. The molecule has 0 aromatic rings. The Morgan fingerprint density at radius 1 is 1.57 bits per heavy atom.